The highest BCUT2D eigenvalue weighted by Crippen LogP contribution is 2.25. The molecule has 1 N–H and O–H groups in total. The van der Waals surface area contributed by atoms with Gasteiger partial charge in [-0.1, -0.05) is 48.5 Å². The summed E-state index contributed by atoms with van der Waals surface area (Å²) in [6.07, 6.45) is 0. The number of nitrogens with one attached hydrogen (secondary N) is 1. The Kier molecular flexibility index (Phi) is 5.85. The fraction of sp³-hybridized carbons (Fsp3) is 0.261. The molecule has 0 saturated carbocycles. The van der Waals surface area contributed by atoms with E-state index in [9.17, 15) is 13.2 Å². The SMILES string of the molecule is CC(NC(=O)c1cccc(S(=O)(=O)N2CCOCC2)c1)c1cccc2ccccc12. The molecule has 1 fully saturated rings. The van der Waals surface area contributed by atoms with E-state index in [1.807, 2.05) is 49.4 Å². The Morgan fingerprint density at radius 1 is 1.00 bits per heavy atom. The van der Waals surface area contributed by atoms with Gasteiger partial charge >= 0.3 is 0 Å². The van der Waals surface area contributed by atoms with Crippen molar-refractivity contribution in [2.45, 2.75) is 17.9 Å². The number of fused-ring (bicyclic) bond motifs is 1. The molecule has 0 bridgehead atoms. The third kappa shape index (κ3) is 4.09. The Labute approximate surface area is 176 Å². The van der Waals surface area contributed by atoms with Gasteiger partial charge in [0.1, 0.15) is 0 Å². The van der Waals surface area contributed by atoms with E-state index in [1.165, 1.54) is 16.4 Å². The van der Waals surface area contributed by atoms with Crippen LogP contribution in [0.15, 0.2) is 71.6 Å². The van der Waals surface area contributed by atoms with Gasteiger partial charge in [0, 0.05) is 18.7 Å². The molecule has 1 atom stereocenters. The van der Waals surface area contributed by atoms with E-state index in [2.05, 4.69) is 5.32 Å². The van der Waals surface area contributed by atoms with Crippen molar-refractivity contribution in [2.24, 2.45) is 0 Å². The largest absolute Gasteiger partial charge is 0.379 e. The Hall–Kier alpha value is -2.74. The van der Waals surface area contributed by atoms with E-state index in [1.54, 1.807) is 12.1 Å². The summed E-state index contributed by atoms with van der Waals surface area (Å²) in [5.41, 5.74) is 1.33. The van der Waals surface area contributed by atoms with E-state index in [-0.39, 0.29) is 16.8 Å². The Balaban J connectivity index is 1.56. The topological polar surface area (TPSA) is 75.7 Å². The number of benzene rings is 3. The summed E-state index contributed by atoms with van der Waals surface area (Å²) in [4.78, 5) is 13.0. The third-order valence-corrected chi connectivity index (χ3v) is 7.24. The second kappa shape index (κ2) is 8.55. The van der Waals surface area contributed by atoms with Gasteiger partial charge < -0.3 is 10.1 Å². The number of nitrogens with zero attached hydrogens (tertiary/aromatic N) is 1. The predicted octanol–water partition coefficient (Wildman–Crippen LogP) is 3.35. The van der Waals surface area contributed by atoms with Crippen LogP contribution in [0.3, 0.4) is 0 Å². The van der Waals surface area contributed by atoms with Crippen molar-refractivity contribution in [3.05, 3.63) is 77.9 Å². The standard InChI is InChI=1S/C23H24N2O4S/c1-17(21-11-5-7-18-6-2-3-10-22(18)21)24-23(26)19-8-4-9-20(16-19)30(27,28)25-12-14-29-15-13-25/h2-11,16-17H,12-15H2,1H3,(H,24,26). The maximum atomic E-state index is 12.9. The lowest BCUT2D eigenvalue weighted by atomic mass is 9.99. The first-order chi connectivity index (χ1) is 14.5. The summed E-state index contributed by atoms with van der Waals surface area (Å²) in [6, 6.07) is 20.0. The van der Waals surface area contributed by atoms with Gasteiger partial charge in [0.2, 0.25) is 10.0 Å². The smallest absolute Gasteiger partial charge is 0.251 e. The van der Waals surface area contributed by atoms with E-state index in [0.29, 0.717) is 31.9 Å². The van der Waals surface area contributed by atoms with Crippen LogP contribution in [0.4, 0.5) is 0 Å². The number of hydrogen-bond acceptors (Lipinski definition) is 4. The summed E-state index contributed by atoms with van der Waals surface area (Å²) in [5.74, 6) is -0.311. The quantitative estimate of drug-likeness (QED) is 0.682. The summed E-state index contributed by atoms with van der Waals surface area (Å²) >= 11 is 0. The molecule has 3 aromatic carbocycles. The normalized spacial score (nSPS) is 16.3. The number of rotatable bonds is 5. The van der Waals surface area contributed by atoms with Gasteiger partial charge in [0.25, 0.3) is 5.91 Å². The van der Waals surface area contributed by atoms with Crippen LogP contribution >= 0.6 is 0 Å². The highest BCUT2D eigenvalue weighted by atomic mass is 32.2. The number of carbonyl (C=O) groups is 1. The molecule has 1 saturated heterocycles. The molecule has 0 aliphatic carbocycles. The summed E-state index contributed by atoms with van der Waals surface area (Å²) < 4.78 is 32.4. The molecule has 0 radical (unpaired) electrons. The van der Waals surface area contributed by atoms with Gasteiger partial charge in [-0.05, 0) is 41.5 Å². The number of carbonyl (C=O) groups excluding carboxylic acids is 1. The first-order valence-corrected chi connectivity index (χ1v) is 11.4. The second-order valence-corrected chi connectivity index (χ2v) is 9.25. The van der Waals surface area contributed by atoms with Crippen LogP contribution in [-0.4, -0.2) is 44.9 Å². The van der Waals surface area contributed by atoms with E-state index in [0.717, 1.165) is 16.3 Å². The van der Waals surface area contributed by atoms with Crippen molar-refractivity contribution in [1.29, 1.82) is 0 Å². The lowest BCUT2D eigenvalue weighted by Crippen LogP contribution is -2.40. The van der Waals surface area contributed by atoms with Crippen LogP contribution in [0.1, 0.15) is 28.9 Å². The monoisotopic (exact) mass is 424 g/mol. The number of sulfonamides is 1. The molecule has 156 valence electrons. The maximum absolute atomic E-state index is 12.9. The molecule has 1 unspecified atom stereocenters. The Bertz CT molecular complexity index is 1170. The van der Waals surface area contributed by atoms with Crippen molar-refractivity contribution >= 4 is 26.7 Å². The van der Waals surface area contributed by atoms with Gasteiger partial charge in [-0.25, -0.2) is 8.42 Å². The van der Waals surface area contributed by atoms with Gasteiger partial charge in [-0.15, -0.1) is 0 Å². The zero-order valence-electron chi connectivity index (χ0n) is 16.7. The van der Waals surface area contributed by atoms with E-state index >= 15 is 0 Å². The first-order valence-electron chi connectivity index (χ1n) is 9.93. The zero-order valence-corrected chi connectivity index (χ0v) is 17.6. The molecular weight excluding hydrogens is 400 g/mol. The predicted molar refractivity (Wildman–Crippen MR) is 116 cm³/mol. The summed E-state index contributed by atoms with van der Waals surface area (Å²) in [5, 5.41) is 5.18. The average molecular weight is 425 g/mol. The van der Waals surface area contributed by atoms with Crippen molar-refractivity contribution < 1.29 is 17.9 Å². The van der Waals surface area contributed by atoms with Crippen LogP contribution in [0, 0.1) is 0 Å². The van der Waals surface area contributed by atoms with Gasteiger partial charge in [0.15, 0.2) is 0 Å². The number of morpholine rings is 1. The molecular formula is C23H24N2O4S. The van der Waals surface area contributed by atoms with Gasteiger partial charge in [-0.3, -0.25) is 4.79 Å². The number of amides is 1. The number of hydrogen-bond donors (Lipinski definition) is 1. The van der Waals surface area contributed by atoms with Crippen molar-refractivity contribution in [3.8, 4) is 0 Å². The Morgan fingerprint density at radius 3 is 2.50 bits per heavy atom. The van der Waals surface area contributed by atoms with E-state index < -0.39 is 10.0 Å². The van der Waals surface area contributed by atoms with E-state index in [4.69, 9.17) is 4.74 Å². The van der Waals surface area contributed by atoms with Crippen molar-refractivity contribution in [2.75, 3.05) is 26.3 Å². The lowest BCUT2D eigenvalue weighted by Gasteiger charge is -2.26. The van der Waals surface area contributed by atoms with Crippen molar-refractivity contribution in [3.63, 3.8) is 0 Å². The van der Waals surface area contributed by atoms with Gasteiger partial charge in [-0.2, -0.15) is 4.31 Å². The molecule has 7 heteroatoms. The molecule has 1 aliphatic heterocycles. The van der Waals surface area contributed by atoms with Crippen LogP contribution in [0.25, 0.3) is 10.8 Å². The summed E-state index contributed by atoms with van der Waals surface area (Å²) in [7, 11) is -3.65. The molecule has 30 heavy (non-hydrogen) atoms. The fourth-order valence-electron chi connectivity index (χ4n) is 3.72. The number of ether oxygens (including phenoxy) is 1. The molecule has 6 nitrogen and oxygen atoms in total. The molecule has 1 heterocycles. The molecule has 4 rings (SSSR count). The van der Waals surface area contributed by atoms with Crippen LogP contribution in [0.2, 0.25) is 0 Å². The molecule has 0 aromatic heterocycles. The molecule has 1 amide bonds. The fourth-order valence-corrected chi connectivity index (χ4v) is 5.17. The molecule has 3 aromatic rings. The average Bonchev–Trinajstić information content (AvgIpc) is 2.79. The van der Waals surface area contributed by atoms with Crippen LogP contribution in [-0.2, 0) is 14.8 Å². The van der Waals surface area contributed by atoms with Gasteiger partial charge in [0.05, 0.1) is 24.2 Å². The maximum Gasteiger partial charge on any atom is 0.251 e. The first kappa shape index (κ1) is 20.5. The lowest BCUT2D eigenvalue weighted by molar-refractivity contribution is 0.0730. The third-order valence-electron chi connectivity index (χ3n) is 5.34. The van der Waals surface area contributed by atoms with Crippen molar-refractivity contribution in [1.82, 2.24) is 9.62 Å². The molecule has 0 spiro atoms. The summed E-state index contributed by atoms with van der Waals surface area (Å²) in [6.45, 7) is 3.31. The van der Waals surface area contributed by atoms with Crippen LogP contribution < -0.4 is 5.32 Å². The Morgan fingerprint density at radius 2 is 1.70 bits per heavy atom. The zero-order chi connectivity index (χ0) is 21.1. The minimum absolute atomic E-state index is 0.120. The minimum atomic E-state index is -3.65. The highest BCUT2D eigenvalue weighted by molar-refractivity contribution is 7.89. The second-order valence-electron chi connectivity index (χ2n) is 7.31. The molecule has 1 aliphatic rings. The highest BCUT2D eigenvalue weighted by Gasteiger charge is 2.27. The minimum Gasteiger partial charge on any atom is -0.379 e. The van der Waals surface area contributed by atoms with Crippen LogP contribution in [0.5, 0.6) is 0 Å².